The number of hydrogen-bond acceptors (Lipinski definition) is 3. The number of nitrogens with zero attached hydrogens (tertiary/aromatic N) is 1. The van der Waals surface area contributed by atoms with Gasteiger partial charge in [0.2, 0.25) is 5.88 Å². The van der Waals surface area contributed by atoms with Crippen molar-refractivity contribution in [2.24, 2.45) is 0 Å². The summed E-state index contributed by atoms with van der Waals surface area (Å²) < 4.78 is 6.48. The maximum atomic E-state index is 11.1. The minimum absolute atomic E-state index is 0.0602. The molecule has 0 amide bonds. The van der Waals surface area contributed by atoms with Crippen LogP contribution in [0.15, 0.2) is 4.79 Å². The van der Waals surface area contributed by atoms with Crippen LogP contribution in [0.4, 0.5) is 0 Å². The van der Waals surface area contributed by atoms with E-state index in [1.54, 1.807) is 0 Å². The van der Waals surface area contributed by atoms with Gasteiger partial charge in [-0.15, -0.1) is 0 Å². The van der Waals surface area contributed by atoms with Gasteiger partial charge in [0.15, 0.2) is 0 Å². The number of H-pyrrole nitrogens is 1. The average molecular weight is 168 g/mol. The number of hydrogen-bond donors (Lipinski definition) is 1. The Kier molecular flexibility index (Phi) is 1.49. The number of nitrogens with one attached hydrogen (secondary N) is 1. The third-order valence-electron chi connectivity index (χ3n) is 1.85. The van der Waals surface area contributed by atoms with E-state index in [9.17, 15) is 9.59 Å². The second kappa shape index (κ2) is 2.51. The molecule has 5 heteroatoms. The molecule has 2 heterocycles. The molecule has 1 aromatic rings. The molecule has 5 nitrogen and oxygen atoms in total. The first-order valence-corrected chi connectivity index (χ1v) is 3.71. The van der Waals surface area contributed by atoms with Crippen molar-refractivity contribution in [3.63, 3.8) is 0 Å². The average Bonchev–Trinajstić information content (AvgIpc) is 2.56. The van der Waals surface area contributed by atoms with Crippen LogP contribution in [0.1, 0.15) is 5.69 Å². The van der Waals surface area contributed by atoms with Crippen molar-refractivity contribution in [3.05, 3.63) is 16.2 Å². The van der Waals surface area contributed by atoms with Crippen molar-refractivity contribution in [1.82, 2.24) is 9.55 Å². The molecule has 0 aliphatic carbocycles. The molecule has 0 fully saturated rings. The van der Waals surface area contributed by atoms with Crippen LogP contribution in [-0.4, -0.2) is 22.4 Å². The largest absolute Gasteiger partial charge is 0.477 e. The van der Waals surface area contributed by atoms with E-state index in [2.05, 4.69) is 4.98 Å². The predicted octanol–water partition coefficient (Wildman–Crippen LogP) is -0.690. The highest BCUT2D eigenvalue weighted by Gasteiger charge is 2.19. The van der Waals surface area contributed by atoms with E-state index in [1.165, 1.54) is 4.57 Å². The highest BCUT2D eigenvalue weighted by atomic mass is 16.5. The van der Waals surface area contributed by atoms with Crippen molar-refractivity contribution < 1.29 is 9.53 Å². The van der Waals surface area contributed by atoms with Crippen molar-refractivity contribution in [1.29, 1.82) is 0 Å². The van der Waals surface area contributed by atoms with E-state index in [0.29, 0.717) is 18.8 Å². The minimum atomic E-state index is -0.271. The fourth-order valence-electron chi connectivity index (χ4n) is 1.33. The number of carbonyl (C=O) groups is 1. The van der Waals surface area contributed by atoms with E-state index in [0.717, 1.165) is 12.1 Å². The highest BCUT2D eigenvalue weighted by Crippen LogP contribution is 2.20. The number of aromatic amines is 1. The minimum Gasteiger partial charge on any atom is -0.477 e. The zero-order chi connectivity index (χ0) is 8.55. The van der Waals surface area contributed by atoms with Gasteiger partial charge in [0.1, 0.15) is 6.29 Å². The van der Waals surface area contributed by atoms with Gasteiger partial charge < -0.3 is 14.5 Å². The first-order chi connectivity index (χ1) is 5.83. The van der Waals surface area contributed by atoms with Crippen LogP contribution < -0.4 is 10.4 Å². The third kappa shape index (κ3) is 0.861. The van der Waals surface area contributed by atoms with E-state index in [-0.39, 0.29) is 12.2 Å². The van der Waals surface area contributed by atoms with Gasteiger partial charge in [-0.25, -0.2) is 4.79 Å². The van der Waals surface area contributed by atoms with Crippen LogP contribution in [0.3, 0.4) is 0 Å². The SMILES string of the molecule is O=CCn1c2c([nH]c1=O)CCO2. The topological polar surface area (TPSA) is 64.1 Å². The summed E-state index contributed by atoms with van der Waals surface area (Å²) in [6.45, 7) is 0.644. The first kappa shape index (κ1) is 7.15. The van der Waals surface area contributed by atoms with E-state index in [1.807, 2.05) is 0 Å². The number of ether oxygens (including phenoxy) is 1. The van der Waals surface area contributed by atoms with Crippen molar-refractivity contribution in [2.75, 3.05) is 6.61 Å². The van der Waals surface area contributed by atoms with Crippen molar-refractivity contribution >= 4 is 6.29 Å². The fraction of sp³-hybridized carbons (Fsp3) is 0.429. The fourth-order valence-corrected chi connectivity index (χ4v) is 1.33. The molecule has 1 aliphatic heterocycles. The number of aromatic nitrogens is 2. The maximum absolute atomic E-state index is 11.1. The molecule has 1 N–H and O–H groups in total. The van der Waals surface area contributed by atoms with Gasteiger partial charge in [0.25, 0.3) is 0 Å². The molecule has 12 heavy (non-hydrogen) atoms. The summed E-state index contributed by atoms with van der Waals surface area (Å²) in [6.07, 6.45) is 1.40. The smallest absolute Gasteiger partial charge is 0.329 e. The van der Waals surface area contributed by atoms with Crippen LogP contribution in [0.2, 0.25) is 0 Å². The lowest BCUT2D eigenvalue weighted by Crippen LogP contribution is -2.19. The standard InChI is InChI=1S/C7H8N2O3/c10-3-2-9-6-5(1-4-12-6)8-7(9)11/h3H,1-2,4H2,(H,8,11). The van der Waals surface area contributed by atoms with Crippen LogP contribution >= 0.6 is 0 Å². The molecule has 0 radical (unpaired) electrons. The summed E-state index contributed by atoms with van der Waals surface area (Å²) in [7, 11) is 0. The molecule has 1 aromatic heterocycles. The molecule has 0 saturated heterocycles. The summed E-state index contributed by atoms with van der Waals surface area (Å²) in [5.74, 6) is 0.520. The van der Waals surface area contributed by atoms with Gasteiger partial charge in [-0.05, 0) is 0 Å². The summed E-state index contributed by atoms with van der Waals surface area (Å²) in [6, 6.07) is 0. The molecule has 0 aromatic carbocycles. The summed E-state index contributed by atoms with van der Waals surface area (Å²) >= 11 is 0. The number of imidazole rings is 1. The predicted molar refractivity (Wildman–Crippen MR) is 40.3 cm³/mol. The maximum Gasteiger partial charge on any atom is 0.329 e. The van der Waals surface area contributed by atoms with E-state index in [4.69, 9.17) is 4.74 Å². The molecule has 1 aliphatic rings. The first-order valence-electron chi connectivity index (χ1n) is 3.71. The Balaban J connectivity index is 2.51. The van der Waals surface area contributed by atoms with Gasteiger partial charge >= 0.3 is 5.69 Å². The Morgan fingerprint density at radius 1 is 1.67 bits per heavy atom. The van der Waals surface area contributed by atoms with Gasteiger partial charge in [0, 0.05) is 6.42 Å². The van der Waals surface area contributed by atoms with Gasteiger partial charge in [-0.1, -0.05) is 0 Å². The lowest BCUT2D eigenvalue weighted by atomic mass is 10.4. The van der Waals surface area contributed by atoms with Crippen LogP contribution in [-0.2, 0) is 17.8 Å². The molecule has 0 spiro atoms. The van der Waals surface area contributed by atoms with Gasteiger partial charge in [-0.3, -0.25) is 4.57 Å². The molecule has 0 atom stereocenters. The lowest BCUT2D eigenvalue weighted by Gasteiger charge is -1.98. The second-order valence-electron chi connectivity index (χ2n) is 2.59. The van der Waals surface area contributed by atoms with E-state index < -0.39 is 0 Å². The van der Waals surface area contributed by atoms with Gasteiger partial charge in [0.05, 0.1) is 18.8 Å². The number of fused-ring (bicyclic) bond motifs is 1. The number of carbonyl (C=O) groups excluding carboxylic acids is 1. The molecule has 0 saturated carbocycles. The summed E-state index contributed by atoms with van der Waals surface area (Å²) in [4.78, 5) is 23.9. The number of rotatable bonds is 2. The normalized spacial score (nSPS) is 14.0. The Morgan fingerprint density at radius 2 is 2.50 bits per heavy atom. The van der Waals surface area contributed by atoms with E-state index >= 15 is 0 Å². The quantitative estimate of drug-likeness (QED) is 0.594. The molecule has 0 unspecified atom stereocenters. The highest BCUT2D eigenvalue weighted by molar-refractivity contribution is 5.50. The second-order valence-corrected chi connectivity index (χ2v) is 2.59. The Labute approximate surface area is 68.0 Å². The Bertz CT molecular complexity index is 363. The molecule has 64 valence electrons. The lowest BCUT2D eigenvalue weighted by molar-refractivity contribution is -0.108. The number of aldehydes is 1. The molecule has 2 rings (SSSR count). The Hall–Kier alpha value is -1.52. The third-order valence-corrected chi connectivity index (χ3v) is 1.85. The van der Waals surface area contributed by atoms with Crippen LogP contribution in [0.25, 0.3) is 0 Å². The summed E-state index contributed by atoms with van der Waals surface area (Å²) in [5.41, 5.74) is 0.522. The molecule has 0 bridgehead atoms. The summed E-state index contributed by atoms with van der Waals surface area (Å²) in [5, 5.41) is 0. The zero-order valence-electron chi connectivity index (χ0n) is 6.37. The zero-order valence-corrected chi connectivity index (χ0v) is 6.37. The van der Waals surface area contributed by atoms with Gasteiger partial charge in [-0.2, -0.15) is 0 Å². The molecular weight excluding hydrogens is 160 g/mol. The molecular formula is C7H8N2O3. The monoisotopic (exact) mass is 168 g/mol. The van der Waals surface area contributed by atoms with Crippen LogP contribution in [0.5, 0.6) is 5.88 Å². The van der Waals surface area contributed by atoms with Crippen molar-refractivity contribution in [2.45, 2.75) is 13.0 Å². The van der Waals surface area contributed by atoms with Crippen LogP contribution in [0, 0.1) is 0 Å². The Morgan fingerprint density at radius 3 is 3.25 bits per heavy atom. The van der Waals surface area contributed by atoms with Crippen molar-refractivity contribution in [3.8, 4) is 5.88 Å².